The molecule has 1 atom stereocenters. The first-order valence-corrected chi connectivity index (χ1v) is 9.37. The molecule has 0 spiro atoms. The second-order valence-corrected chi connectivity index (χ2v) is 7.19. The van der Waals surface area contributed by atoms with Crippen LogP contribution in [-0.4, -0.2) is 60.1 Å². The second-order valence-electron chi connectivity index (χ2n) is 7.19. The summed E-state index contributed by atoms with van der Waals surface area (Å²) in [5.74, 6) is 0.120. The molecule has 3 amide bonds. The van der Waals surface area contributed by atoms with Crippen molar-refractivity contribution in [3.63, 3.8) is 0 Å². The van der Waals surface area contributed by atoms with Crippen molar-refractivity contribution in [2.45, 2.75) is 44.4 Å². The number of halogens is 3. The molecule has 2 N–H and O–H groups in total. The summed E-state index contributed by atoms with van der Waals surface area (Å²) in [4.78, 5) is 31.9. The molecule has 0 aromatic carbocycles. The Morgan fingerprint density at radius 1 is 1.18 bits per heavy atom. The van der Waals surface area contributed by atoms with Crippen molar-refractivity contribution in [1.82, 2.24) is 20.5 Å². The molecular formula is C18H24F3N5O2. The third-order valence-corrected chi connectivity index (χ3v) is 5.01. The largest absolute Gasteiger partial charge is 0.417 e. The molecule has 1 unspecified atom stereocenters. The van der Waals surface area contributed by atoms with Gasteiger partial charge in [0, 0.05) is 38.4 Å². The van der Waals surface area contributed by atoms with E-state index in [0.29, 0.717) is 32.0 Å². The SMILES string of the molecule is CC(C(=O)NC(=O)NC1CC1)N1CCCN(c2ccc(C(F)(F)F)cn2)CC1. The highest BCUT2D eigenvalue weighted by Crippen LogP contribution is 2.29. The Balaban J connectivity index is 1.53. The van der Waals surface area contributed by atoms with E-state index in [9.17, 15) is 22.8 Å². The number of aromatic nitrogens is 1. The average Bonchev–Trinajstić information content (AvgIpc) is 3.46. The average molecular weight is 399 g/mol. The Bertz CT molecular complexity index is 706. The van der Waals surface area contributed by atoms with Gasteiger partial charge in [0.05, 0.1) is 11.6 Å². The number of amides is 3. The summed E-state index contributed by atoms with van der Waals surface area (Å²) >= 11 is 0. The van der Waals surface area contributed by atoms with Crippen LogP contribution >= 0.6 is 0 Å². The van der Waals surface area contributed by atoms with Gasteiger partial charge >= 0.3 is 12.2 Å². The van der Waals surface area contributed by atoms with Crippen LogP contribution in [0.2, 0.25) is 0 Å². The molecule has 1 saturated carbocycles. The predicted molar refractivity (Wildman–Crippen MR) is 96.8 cm³/mol. The zero-order valence-electron chi connectivity index (χ0n) is 15.6. The fourth-order valence-electron chi connectivity index (χ4n) is 3.13. The third-order valence-electron chi connectivity index (χ3n) is 5.01. The van der Waals surface area contributed by atoms with Gasteiger partial charge in [0.25, 0.3) is 0 Å². The van der Waals surface area contributed by atoms with Crippen molar-refractivity contribution in [2.75, 3.05) is 31.1 Å². The van der Waals surface area contributed by atoms with Gasteiger partial charge in [-0.15, -0.1) is 0 Å². The monoisotopic (exact) mass is 399 g/mol. The Morgan fingerprint density at radius 3 is 2.54 bits per heavy atom. The highest BCUT2D eigenvalue weighted by molar-refractivity contribution is 5.97. The van der Waals surface area contributed by atoms with E-state index in [-0.39, 0.29) is 11.9 Å². The number of rotatable bonds is 4. The maximum absolute atomic E-state index is 12.7. The summed E-state index contributed by atoms with van der Waals surface area (Å²) in [6.07, 6.45) is -0.953. The lowest BCUT2D eigenvalue weighted by atomic mass is 10.2. The Morgan fingerprint density at radius 2 is 1.93 bits per heavy atom. The first-order chi connectivity index (χ1) is 13.2. The molecule has 1 aliphatic carbocycles. The van der Waals surface area contributed by atoms with Gasteiger partial charge in [0.2, 0.25) is 5.91 Å². The quantitative estimate of drug-likeness (QED) is 0.810. The zero-order valence-corrected chi connectivity index (χ0v) is 15.6. The van der Waals surface area contributed by atoms with E-state index in [1.807, 2.05) is 9.80 Å². The van der Waals surface area contributed by atoms with E-state index in [2.05, 4.69) is 15.6 Å². The summed E-state index contributed by atoms with van der Waals surface area (Å²) in [5.41, 5.74) is -0.775. The number of imide groups is 1. The minimum atomic E-state index is -4.41. The number of nitrogens with one attached hydrogen (secondary N) is 2. The van der Waals surface area contributed by atoms with Crippen molar-refractivity contribution in [3.05, 3.63) is 23.9 Å². The van der Waals surface area contributed by atoms with Crippen molar-refractivity contribution in [2.24, 2.45) is 0 Å². The van der Waals surface area contributed by atoms with Crippen molar-refractivity contribution >= 4 is 17.8 Å². The van der Waals surface area contributed by atoms with Crippen molar-refractivity contribution < 1.29 is 22.8 Å². The molecule has 2 fully saturated rings. The molecule has 2 heterocycles. The van der Waals surface area contributed by atoms with Crippen LogP contribution in [0.15, 0.2) is 18.3 Å². The van der Waals surface area contributed by atoms with Gasteiger partial charge < -0.3 is 10.2 Å². The van der Waals surface area contributed by atoms with E-state index in [1.165, 1.54) is 6.07 Å². The fourth-order valence-corrected chi connectivity index (χ4v) is 3.13. The molecule has 1 aliphatic heterocycles. The normalized spacial score (nSPS) is 19.6. The maximum atomic E-state index is 12.7. The van der Waals surface area contributed by atoms with E-state index < -0.39 is 23.8 Å². The molecule has 154 valence electrons. The molecule has 0 bridgehead atoms. The molecule has 28 heavy (non-hydrogen) atoms. The van der Waals surface area contributed by atoms with Crippen LogP contribution in [0.5, 0.6) is 0 Å². The van der Waals surface area contributed by atoms with Gasteiger partial charge in [0.1, 0.15) is 5.82 Å². The van der Waals surface area contributed by atoms with Crippen molar-refractivity contribution in [1.29, 1.82) is 0 Å². The second kappa shape index (κ2) is 8.34. The predicted octanol–water partition coefficient (Wildman–Crippen LogP) is 1.99. The van der Waals surface area contributed by atoms with E-state index in [1.54, 1.807) is 6.92 Å². The van der Waals surface area contributed by atoms with Gasteiger partial charge in [-0.05, 0) is 38.3 Å². The van der Waals surface area contributed by atoms with E-state index in [0.717, 1.165) is 31.5 Å². The first kappa shape index (κ1) is 20.4. The number of urea groups is 1. The van der Waals surface area contributed by atoms with E-state index in [4.69, 9.17) is 0 Å². The lowest BCUT2D eigenvalue weighted by Gasteiger charge is -2.27. The molecule has 1 saturated heterocycles. The summed E-state index contributed by atoms with van der Waals surface area (Å²) in [6, 6.07) is 1.62. The number of pyridine rings is 1. The van der Waals surface area contributed by atoms with Crippen LogP contribution in [0.4, 0.5) is 23.8 Å². The molecular weight excluding hydrogens is 375 g/mol. The molecule has 3 rings (SSSR count). The summed E-state index contributed by atoms with van der Waals surface area (Å²) in [5, 5.41) is 5.08. The Labute approximate surface area is 161 Å². The van der Waals surface area contributed by atoms with Crippen LogP contribution in [-0.2, 0) is 11.0 Å². The molecule has 7 nitrogen and oxygen atoms in total. The number of carbonyl (C=O) groups excluding carboxylic acids is 2. The van der Waals surface area contributed by atoms with Gasteiger partial charge in [-0.1, -0.05) is 0 Å². The Hall–Kier alpha value is -2.36. The molecule has 1 aromatic heterocycles. The molecule has 1 aromatic rings. The summed E-state index contributed by atoms with van der Waals surface area (Å²) in [7, 11) is 0. The van der Waals surface area contributed by atoms with Crippen LogP contribution < -0.4 is 15.5 Å². The maximum Gasteiger partial charge on any atom is 0.417 e. The number of carbonyl (C=O) groups is 2. The first-order valence-electron chi connectivity index (χ1n) is 9.37. The smallest absolute Gasteiger partial charge is 0.355 e. The zero-order chi connectivity index (χ0) is 20.3. The number of hydrogen-bond acceptors (Lipinski definition) is 5. The molecule has 2 aliphatic rings. The number of alkyl halides is 3. The van der Waals surface area contributed by atoms with E-state index >= 15 is 0 Å². The minimum absolute atomic E-state index is 0.172. The van der Waals surface area contributed by atoms with Crippen LogP contribution in [0, 0.1) is 0 Å². The molecule has 10 heteroatoms. The van der Waals surface area contributed by atoms with Crippen LogP contribution in [0.25, 0.3) is 0 Å². The van der Waals surface area contributed by atoms with Gasteiger partial charge in [-0.3, -0.25) is 15.0 Å². The highest BCUT2D eigenvalue weighted by atomic mass is 19.4. The topological polar surface area (TPSA) is 77.6 Å². The summed E-state index contributed by atoms with van der Waals surface area (Å²) < 4.78 is 38.0. The number of nitrogens with zero attached hydrogens (tertiary/aromatic N) is 3. The fraction of sp³-hybridized carbons (Fsp3) is 0.611. The Kier molecular flexibility index (Phi) is 6.07. The van der Waals surface area contributed by atoms with Gasteiger partial charge in [-0.25, -0.2) is 9.78 Å². The van der Waals surface area contributed by atoms with Crippen molar-refractivity contribution in [3.8, 4) is 0 Å². The number of hydrogen-bond donors (Lipinski definition) is 2. The lowest BCUT2D eigenvalue weighted by molar-refractivity contribution is -0.137. The summed E-state index contributed by atoms with van der Waals surface area (Å²) in [6.45, 7) is 4.10. The minimum Gasteiger partial charge on any atom is -0.355 e. The molecule has 0 radical (unpaired) electrons. The van der Waals surface area contributed by atoms with Crippen LogP contribution in [0.1, 0.15) is 31.7 Å². The van der Waals surface area contributed by atoms with Crippen LogP contribution in [0.3, 0.4) is 0 Å². The lowest BCUT2D eigenvalue weighted by Crippen LogP contribution is -2.50. The third kappa shape index (κ3) is 5.34. The van der Waals surface area contributed by atoms with Gasteiger partial charge in [-0.2, -0.15) is 13.2 Å². The standard InChI is InChI=1S/C18H24F3N5O2/c1-12(16(27)24-17(28)23-14-4-5-14)25-7-2-8-26(10-9-25)15-6-3-13(11-22-15)18(19,20)21/h3,6,11-12,14H,2,4-5,7-10H2,1H3,(H2,23,24,27,28). The highest BCUT2D eigenvalue weighted by Gasteiger charge is 2.31. The van der Waals surface area contributed by atoms with Gasteiger partial charge in [0.15, 0.2) is 0 Å². The number of anilines is 1.